The number of rotatable bonds is 2. The first-order valence-electron chi connectivity index (χ1n) is 7.44. The van der Waals surface area contributed by atoms with Crippen molar-refractivity contribution in [1.82, 2.24) is 5.32 Å². The molecule has 26 heavy (non-hydrogen) atoms. The van der Waals surface area contributed by atoms with E-state index in [1.165, 1.54) is 6.08 Å². The van der Waals surface area contributed by atoms with Crippen LogP contribution in [-0.2, 0) is 9.59 Å². The Hall–Kier alpha value is -1.95. The summed E-state index contributed by atoms with van der Waals surface area (Å²) in [6.07, 6.45) is 1.41. The van der Waals surface area contributed by atoms with Crippen molar-refractivity contribution in [3.8, 4) is 5.75 Å². The van der Waals surface area contributed by atoms with Crippen molar-refractivity contribution in [2.24, 2.45) is 0 Å². The summed E-state index contributed by atoms with van der Waals surface area (Å²) in [4.78, 5) is 38.1. The number of aromatic hydroxyl groups is 1. The van der Waals surface area contributed by atoms with Crippen LogP contribution in [0.25, 0.3) is 6.08 Å². The molecule has 3 rings (SSSR count). The first kappa shape index (κ1) is 18.8. The third-order valence-corrected chi connectivity index (χ3v) is 5.39. The molecule has 1 aliphatic heterocycles. The Balaban J connectivity index is 2.04. The predicted molar refractivity (Wildman–Crippen MR) is 114 cm³/mol. The molecule has 8 heteroatoms. The van der Waals surface area contributed by atoms with Crippen molar-refractivity contribution < 1.29 is 19.5 Å². The number of barbiturate groups is 1. The van der Waals surface area contributed by atoms with Gasteiger partial charge in [-0.1, -0.05) is 17.7 Å². The standard InChI is InChI=1S/C18H12I2N2O4/c1-9-2-4-11(5-3-9)22-17(25)12(16(24)21-18(22)26)6-10-7-13(19)15(23)14(20)8-10/h2-8,23H,1H3,(H,21,24,26)/b12-6+. The zero-order valence-corrected chi connectivity index (χ0v) is 17.7. The van der Waals surface area contributed by atoms with E-state index < -0.39 is 17.8 Å². The first-order chi connectivity index (χ1) is 12.3. The molecule has 0 aliphatic carbocycles. The summed E-state index contributed by atoms with van der Waals surface area (Å²) in [6, 6.07) is 9.37. The van der Waals surface area contributed by atoms with Gasteiger partial charge >= 0.3 is 6.03 Å². The Morgan fingerprint density at radius 3 is 2.19 bits per heavy atom. The minimum absolute atomic E-state index is 0.143. The Kier molecular flexibility index (Phi) is 5.32. The van der Waals surface area contributed by atoms with Gasteiger partial charge in [0.05, 0.1) is 12.8 Å². The van der Waals surface area contributed by atoms with Crippen LogP contribution in [0.5, 0.6) is 5.75 Å². The van der Waals surface area contributed by atoms with E-state index in [0.717, 1.165) is 10.5 Å². The number of urea groups is 1. The number of carbonyl (C=O) groups excluding carboxylic acids is 3. The van der Waals surface area contributed by atoms with Crippen LogP contribution in [-0.4, -0.2) is 23.0 Å². The number of nitrogens with zero attached hydrogens (tertiary/aromatic N) is 1. The van der Waals surface area contributed by atoms with Gasteiger partial charge in [-0.15, -0.1) is 0 Å². The summed E-state index contributed by atoms with van der Waals surface area (Å²) in [5, 5.41) is 12.0. The number of phenolic OH excluding ortho intramolecular Hbond substituents is 1. The molecule has 2 aromatic rings. The van der Waals surface area contributed by atoms with Crippen LogP contribution in [0.4, 0.5) is 10.5 Å². The van der Waals surface area contributed by atoms with Gasteiger partial charge in [-0.05, 0) is 88.0 Å². The quantitative estimate of drug-likeness (QED) is 0.327. The molecule has 0 aromatic heterocycles. The average molecular weight is 574 g/mol. The number of benzene rings is 2. The van der Waals surface area contributed by atoms with Crippen molar-refractivity contribution in [2.75, 3.05) is 4.90 Å². The van der Waals surface area contributed by atoms with Gasteiger partial charge in [0.15, 0.2) is 0 Å². The molecule has 132 valence electrons. The predicted octanol–water partition coefficient (Wildman–Crippen LogP) is 3.58. The highest BCUT2D eigenvalue weighted by Crippen LogP contribution is 2.29. The SMILES string of the molecule is Cc1ccc(N2C(=O)NC(=O)/C(=C\c3cc(I)c(O)c(I)c3)C2=O)cc1. The van der Waals surface area contributed by atoms with Gasteiger partial charge < -0.3 is 5.11 Å². The molecule has 0 unspecified atom stereocenters. The maximum Gasteiger partial charge on any atom is 0.335 e. The summed E-state index contributed by atoms with van der Waals surface area (Å²) < 4.78 is 1.19. The molecule has 1 fully saturated rings. The maximum absolute atomic E-state index is 12.8. The first-order valence-corrected chi connectivity index (χ1v) is 9.60. The Bertz CT molecular complexity index is 945. The van der Waals surface area contributed by atoms with Gasteiger partial charge in [0.2, 0.25) is 0 Å². The van der Waals surface area contributed by atoms with Gasteiger partial charge in [0, 0.05) is 0 Å². The zero-order valence-electron chi connectivity index (χ0n) is 13.4. The largest absolute Gasteiger partial charge is 0.506 e. The van der Waals surface area contributed by atoms with Crippen LogP contribution in [0.3, 0.4) is 0 Å². The minimum atomic E-state index is -0.782. The highest BCUT2D eigenvalue weighted by atomic mass is 127. The number of hydrogen-bond acceptors (Lipinski definition) is 4. The third-order valence-electron chi connectivity index (χ3n) is 3.74. The smallest absolute Gasteiger partial charge is 0.335 e. The van der Waals surface area contributed by atoms with Gasteiger partial charge in [-0.3, -0.25) is 14.9 Å². The number of nitrogens with one attached hydrogen (secondary N) is 1. The molecular formula is C18H12I2N2O4. The molecule has 1 saturated heterocycles. The molecule has 1 aliphatic rings. The summed E-state index contributed by atoms with van der Waals surface area (Å²) in [5.74, 6) is -1.30. The lowest BCUT2D eigenvalue weighted by Crippen LogP contribution is -2.54. The molecule has 1 heterocycles. The molecule has 0 atom stereocenters. The molecular weight excluding hydrogens is 562 g/mol. The monoisotopic (exact) mass is 574 g/mol. The fourth-order valence-electron chi connectivity index (χ4n) is 2.42. The summed E-state index contributed by atoms with van der Waals surface area (Å²) in [7, 11) is 0. The van der Waals surface area contributed by atoms with Crippen LogP contribution >= 0.6 is 45.2 Å². The number of hydrogen-bond donors (Lipinski definition) is 2. The number of anilines is 1. The van der Waals surface area contributed by atoms with E-state index in [1.807, 2.05) is 52.1 Å². The summed E-state index contributed by atoms with van der Waals surface area (Å²) in [5.41, 5.74) is 1.79. The second-order valence-corrected chi connectivity index (χ2v) is 7.95. The highest BCUT2D eigenvalue weighted by molar-refractivity contribution is 14.1. The zero-order chi connectivity index (χ0) is 19.0. The van der Waals surface area contributed by atoms with E-state index in [1.54, 1.807) is 36.4 Å². The number of imide groups is 2. The van der Waals surface area contributed by atoms with Crippen LogP contribution in [0.2, 0.25) is 0 Å². The summed E-state index contributed by atoms with van der Waals surface area (Å²) in [6.45, 7) is 1.89. The normalized spacial score (nSPS) is 16.2. The lowest BCUT2D eigenvalue weighted by atomic mass is 10.1. The Morgan fingerprint density at radius 2 is 1.62 bits per heavy atom. The van der Waals surface area contributed by atoms with Crippen LogP contribution < -0.4 is 10.2 Å². The average Bonchev–Trinajstić information content (AvgIpc) is 2.58. The maximum atomic E-state index is 12.8. The van der Waals surface area contributed by atoms with E-state index in [0.29, 0.717) is 18.4 Å². The number of amides is 4. The van der Waals surface area contributed by atoms with Crippen LogP contribution in [0.15, 0.2) is 42.0 Å². The fraction of sp³-hybridized carbons (Fsp3) is 0.0556. The van der Waals surface area contributed by atoms with Crippen LogP contribution in [0.1, 0.15) is 11.1 Å². The number of phenols is 1. The Morgan fingerprint density at radius 1 is 1.04 bits per heavy atom. The Labute approximate surface area is 176 Å². The molecule has 0 radical (unpaired) electrons. The van der Waals surface area contributed by atoms with Gasteiger partial charge in [0.25, 0.3) is 11.8 Å². The fourth-order valence-corrected chi connectivity index (χ4v) is 4.24. The van der Waals surface area contributed by atoms with Crippen LogP contribution in [0, 0.1) is 14.1 Å². The van der Waals surface area contributed by atoms with Crippen molar-refractivity contribution in [3.63, 3.8) is 0 Å². The minimum Gasteiger partial charge on any atom is -0.506 e. The molecule has 0 saturated carbocycles. The van der Waals surface area contributed by atoms with Gasteiger partial charge in [-0.25, -0.2) is 9.69 Å². The number of aryl methyl sites for hydroxylation is 1. The second-order valence-electron chi connectivity index (χ2n) is 5.63. The molecule has 0 spiro atoms. The molecule has 0 bridgehead atoms. The van der Waals surface area contributed by atoms with E-state index in [2.05, 4.69) is 5.32 Å². The highest BCUT2D eigenvalue weighted by Gasteiger charge is 2.36. The topological polar surface area (TPSA) is 86.7 Å². The van der Waals surface area contributed by atoms with Crippen molar-refractivity contribution >= 4 is 74.8 Å². The van der Waals surface area contributed by atoms with Crippen molar-refractivity contribution in [1.29, 1.82) is 0 Å². The summed E-state index contributed by atoms with van der Waals surface area (Å²) >= 11 is 3.93. The second kappa shape index (κ2) is 7.35. The number of halogens is 2. The van der Waals surface area contributed by atoms with Crippen molar-refractivity contribution in [3.05, 3.63) is 60.2 Å². The molecule has 6 nitrogen and oxygen atoms in total. The third kappa shape index (κ3) is 3.61. The molecule has 4 amide bonds. The molecule has 2 N–H and O–H groups in total. The molecule has 2 aromatic carbocycles. The van der Waals surface area contributed by atoms with E-state index in [4.69, 9.17) is 0 Å². The van der Waals surface area contributed by atoms with Gasteiger partial charge in [-0.2, -0.15) is 0 Å². The lowest BCUT2D eigenvalue weighted by Gasteiger charge is -2.26. The van der Waals surface area contributed by atoms with E-state index in [9.17, 15) is 19.5 Å². The lowest BCUT2D eigenvalue weighted by molar-refractivity contribution is -0.122. The van der Waals surface area contributed by atoms with E-state index >= 15 is 0 Å². The van der Waals surface area contributed by atoms with Crippen molar-refractivity contribution in [2.45, 2.75) is 6.92 Å². The van der Waals surface area contributed by atoms with Gasteiger partial charge in [0.1, 0.15) is 11.3 Å². The number of carbonyl (C=O) groups is 3. The van der Waals surface area contributed by atoms with E-state index in [-0.39, 0.29) is 11.3 Å².